The highest BCUT2D eigenvalue weighted by Crippen LogP contribution is 2.17. The zero-order valence-electron chi connectivity index (χ0n) is 12.1. The van der Waals surface area contributed by atoms with E-state index in [0.29, 0.717) is 23.6 Å². The number of anilines is 1. The molecule has 0 aliphatic carbocycles. The number of nitrogen functional groups attached to an aromatic ring is 1. The second-order valence-electron chi connectivity index (χ2n) is 4.58. The molecule has 0 saturated heterocycles. The van der Waals surface area contributed by atoms with Gasteiger partial charge in [-0.3, -0.25) is 14.3 Å². The molecule has 0 aromatic carbocycles. The van der Waals surface area contributed by atoms with E-state index in [9.17, 15) is 9.59 Å². The molecule has 0 unspecified atom stereocenters. The second-order valence-corrected chi connectivity index (χ2v) is 4.58. The summed E-state index contributed by atoms with van der Waals surface area (Å²) < 4.78 is 1.45. The van der Waals surface area contributed by atoms with E-state index in [1.165, 1.54) is 14.5 Å². The van der Waals surface area contributed by atoms with Crippen molar-refractivity contribution in [3.8, 4) is 0 Å². The Labute approximate surface area is 113 Å². The number of amides is 2. The zero-order chi connectivity index (χ0) is 14.7. The number of likely N-dealkylation sites (N-methyl/N-ethyl adjacent to an activating group) is 2. The average Bonchev–Trinajstić information content (AvgIpc) is 2.59. The normalized spacial score (nSPS) is 10.4. The SMILES string of the molecule is CCN(CC(=O)N(C)C)C(=O)c1c(N)c(C)nn1C. The van der Waals surface area contributed by atoms with Crippen molar-refractivity contribution in [2.45, 2.75) is 13.8 Å². The largest absolute Gasteiger partial charge is 0.395 e. The Morgan fingerprint density at radius 2 is 1.95 bits per heavy atom. The van der Waals surface area contributed by atoms with Crippen LogP contribution in [0.2, 0.25) is 0 Å². The molecule has 19 heavy (non-hydrogen) atoms. The summed E-state index contributed by atoms with van der Waals surface area (Å²) in [6.07, 6.45) is 0. The van der Waals surface area contributed by atoms with Crippen molar-refractivity contribution in [3.63, 3.8) is 0 Å². The van der Waals surface area contributed by atoms with Gasteiger partial charge < -0.3 is 15.5 Å². The van der Waals surface area contributed by atoms with Crippen molar-refractivity contribution in [1.29, 1.82) is 0 Å². The van der Waals surface area contributed by atoms with E-state index in [1.807, 2.05) is 6.92 Å². The van der Waals surface area contributed by atoms with Crippen LogP contribution in [0.5, 0.6) is 0 Å². The molecular formula is C12H21N5O2. The van der Waals surface area contributed by atoms with Gasteiger partial charge in [0.2, 0.25) is 5.91 Å². The van der Waals surface area contributed by atoms with Crippen LogP contribution in [-0.4, -0.2) is 58.6 Å². The third-order valence-corrected chi connectivity index (χ3v) is 2.96. The molecule has 0 aliphatic rings. The molecule has 7 nitrogen and oxygen atoms in total. The fourth-order valence-electron chi connectivity index (χ4n) is 1.71. The summed E-state index contributed by atoms with van der Waals surface area (Å²) in [7, 11) is 4.98. The minimum Gasteiger partial charge on any atom is -0.395 e. The first-order chi connectivity index (χ1) is 8.79. The Balaban J connectivity index is 2.99. The standard InChI is InChI=1S/C12H21N5O2/c1-6-17(7-9(18)15(3)4)12(19)11-10(13)8(2)14-16(11)5/h6-7,13H2,1-5H3. The first kappa shape index (κ1) is 15.0. The number of hydrogen-bond acceptors (Lipinski definition) is 4. The molecule has 0 saturated carbocycles. The van der Waals surface area contributed by atoms with E-state index in [1.54, 1.807) is 28.1 Å². The van der Waals surface area contributed by atoms with Gasteiger partial charge in [0.05, 0.1) is 11.4 Å². The Bertz CT molecular complexity index is 493. The highest BCUT2D eigenvalue weighted by atomic mass is 16.2. The minimum absolute atomic E-state index is 0.0337. The molecule has 1 heterocycles. The van der Waals surface area contributed by atoms with Crippen LogP contribution in [0.3, 0.4) is 0 Å². The van der Waals surface area contributed by atoms with Crippen molar-refractivity contribution in [3.05, 3.63) is 11.4 Å². The van der Waals surface area contributed by atoms with Gasteiger partial charge in [-0.25, -0.2) is 0 Å². The third kappa shape index (κ3) is 3.04. The van der Waals surface area contributed by atoms with Crippen LogP contribution in [0.4, 0.5) is 5.69 Å². The second kappa shape index (κ2) is 5.73. The molecule has 1 rings (SSSR count). The van der Waals surface area contributed by atoms with Crippen LogP contribution in [0, 0.1) is 6.92 Å². The number of nitrogens with two attached hydrogens (primary N) is 1. The van der Waals surface area contributed by atoms with Crippen molar-refractivity contribution < 1.29 is 9.59 Å². The smallest absolute Gasteiger partial charge is 0.274 e. The lowest BCUT2D eigenvalue weighted by Crippen LogP contribution is -2.41. The summed E-state index contributed by atoms with van der Waals surface area (Å²) in [5.74, 6) is -0.411. The molecule has 0 spiro atoms. The molecule has 1 aromatic heterocycles. The number of carbonyl (C=O) groups is 2. The van der Waals surface area contributed by atoms with Gasteiger partial charge in [-0.05, 0) is 13.8 Å². The predicted octanol–water partition coefficient (Wildman–Crippen LogP) is -0.139. The molecule has 0 bridgehead atoms. The van der Waals surface area contributed by atoms with Crippen LogP contribution in [0.15, 0.2) is 0 Å². The van der Waals surface area contributed by atoms with Gasteiger partial charge in [0, 0.05) is 27.7 Å². The van der Waals surface area contributed by atoms with Crippen molar-refractivity contribution in [2.24, 2.45) is 7.05 Å². The van der Waals surface area contributed by atoms with Crippen LogP contribution in [0.1, 0.15) is 23.1 Å². The molecule has 2 N–H and O–H groups in total. The van der Waals surface area contributed by atoms with Crippen LogP contribution >= 0.6 is 0 Å². The number of rotatable bonds is 4. The number of carbonyl (C=O) groups excluding carboxylic acids is 2. The third-order valence-electron chi connectivity index (χ3n) is 2.96. The topological polar surface area (TPSA) is 84.5 Å². The first-order valence-corrected chi connectivity index (χ1v) is 6.08. The summed E-state index contributed by atoms with van der Waals surface area (Å²) in [4.78, 5) is 27.0. The fourth-order valence-corrected chi connectivity index (χ4v) is 1.71. The molecule has 0 aliphatic heterocycles. The molecular weight excluding hydrogens is 246 g/mol. The van der Waals surface area contributed by atoms with Crippen molar-refractivity contribution in [2.75, 3.05) is 32.9 Å². The monoisotopic (exact) mass is 267 g/mol. The molecule has 1 aromatic rings. The van der Waals surface area contributed by atoms with Gasteiger partial charge in [0.1, 0.15) is 12.2 Å². The molecule has 7 heteroatoms. The van der Waals surface area contributed by atoms with E-state index in [4.69, 9.17) is 5.73 Å². The summed E-state index contributed by atoms with van der Waals surface area (Å²) in [6.45, 7) is 4.03. The lowest BCUT2D eigenvalue weighted by molar-refractivity contribution is -0.129. The molecule has 2 amide bonds. The zero-order valence-corrected chi connectivity index (χ0v) is 12.1. The van der Waals surface area contributed by atoms with Crippen LogP contribution in [0.25, 0.3) is 0 Å². The lowest BCUT2D eigenvalue weighted by Gasteiger charge is -2.22. The van der Waals surface area contributed by atoms with Crippen molar-refractivity contribution in [1.82, 2.24) is 19.6 Å². The Morgan fingerprint density at radius 3 is 2.32 bits per heavy atom. The van der Waals surface area contributed by atoms with Gasteiger partial charge in [0.15, 0.2) is 0 Å². The maximum atomic E-state index is 12.4. The number of hydrogen-bond donors (Lipinski definition) is 1. The Morgan fingerprint density at radius 1 is 1.37 bits per heavy atom. The Hall–Kier alpha value is -2.05. The Kier molecular flexibility index (Phi) is 4.52. The van der Waals surface area contributed by atoms with Gasteiger partial charge >= 0.3 is 0 Å². The van der Waals surface area contributed by atoms with E-state index in [0.717, 1.165) is 0 Å². The van der Waals surface area contributed by atoms with Gasteiger partial charge in [0.25, 0.3) is 5.91 Å². The molecule has 0 radical (unpaired) electrons. The maximum absolute atomic E-state index is 12.4. The first-order valence-electron chi connectivity index (χ1n) is 6.08. The molecule has 0 fully saturated rings. The quantitative estimate of drug-likeness (QED) is 0.823. The maximum Gasteiger partial charge on any atom is 0.274 e. The fraction of sp³-hybridized carbons (Fsp3) is 0.583. The summed E-state index contributed by atoms with van der Waals surface area (Å²) in [5, 5.41) is 4.11. The van der Waals surface area contributed by atoms with Gasteiger partial charge in [-0.1, -0.05) is 0 Å². The average molecular weight is 267 g/mol. The van der Waals surface area contributed by atoms with Gasteiger partial charge in [-0.2, -0.15) is 5.10 Å². The highest BCUT2D eigenvalue weighted by Gasteiger charge is 2.24. The number of nitrogens with zero attached hydrogens (tertiary/aromatic N) is 4. The summed E-state index contributed by atoms with van der Waals surface area (Å²) in [5.41, 5.74) is 7.16. The summed E-state index contributed by atoms with van der Waals surface area (Å²) in [6, 6.07) is 0. The lowest BCUT2D eigenvalue weighted by atomic mass is 10.2. The number of aromatic nitrogens is 2. The van der Waals surface area contributed by atoms with Gasteiger partial charge in [-0.15, -0.1) is 0 Å². The van der Waals surface area contributed by atoms with Crippen LogP contribution in [-0.2, 0) is 11.8 Å². The predicted molar refractivity (Wildman–Crippen MR) is 72.6 cm³/mol. The summed E-state index contributed by atoms with van der Waals surface area (Å²) >= 11 is 0. The van der Waals surface area contributed by atoms with Crippen molar-refractivity contribution >= 4 is 17.5 Å². The number of aryl methyl sites for hydroxylation is 2. The highest BCUT2D eigenvalue weighted by molar-refractivity contribution is 5.99. The van der Waals surface area contributed by atoms with E-state index >= 15 is 0 Å². The van der Waals surface area contributed by atoms with Crippen LogP contribution < -0.4 is 5.73 Å². The minimum atomic E-state index is -0.279. The van der Waals surface area contributed by atoms with E-state index in [2.05, 4.69) is 5.10 Å². The molecule has 106 valence electrons. The molecule has 0 atom stereocenters. The van der Waals surface area contributed by atoms with E-state index < -0.39 is 0 Å². The van der Waals surface area contributed by atoms with E-state index in [-0.39, 0.29) is 18.4 Å².